The van der Waals surface area contributed by atoms with Crippen molar-refractivity contribution in [2.45, 2.75) is 43.5 Å². The van der Waals surface area contributed by atoms with Crippen LogP contribution < -0.4 is 4.74 Å². The summed E-state index contributed by atoms with van der Waals surface area (Å²) in [6.45, 7) is 4.27. The van der Waals surface area contributed by atoms with Gasteiger partial charge < -0.3 is 14.6 Å². The first-order valence-corrected chi connectivity index (χ1v) is 12.1. The molecule has 0 saturated carbocycles. The molecule has 1 N–H and O–H groups in total. The molecular weight excluding hydrogens is 420 g/mol. The van der Waals surface area contributed by atoms with E-state index in [9.17, 15) is 9.90 Å². The van der Waals surface area contributed by atoms with Crippen molar-refractivity contribution in [1.29, 1.82) is 0 Å². The van der Waals surface area contributed by atoms with Crippen molar-refractivity contribution in [2.24, 2.45) is 5.92 Å². The van der Waals surface area contributed by atoms with Crippen LogP contribution in [0.5, 0.6) is 5.75 Å². The molecule has 0 aromatic heterocycles. The summed E-state index contributed by atoms with van der Waals surface area (Å²) in [6.07, 6.45) is 2.49. The quantitative estimate of drug-likeness (QED) is 0.304. The van der Waals surface area contributed by atoms with Gasteiger partial charge in [0.15, 0.2) is 0 Å². The Kier molecular flexibility index (Phi) is 6.58. The molecule has 3 aromatic carbocycles. The van der Waals surface area contributed by atoms with Crippen molar-refractivity contribution >= 4 is 17.7 Å². The van der Waals surface area contributed by atoms with E-state index >= 15 is 0 Å². The third-order valence-electron chi connectivity index (χ3n) is 6.20. The van der Waals surface area contributed by atoms with Crippen LogP contribution in [-0.4, -0.2) is 23.4 Å². The van der Waals surface area contributed by atoms with Gasteiger partial charge in [-0.25, -0.2) is 0 Å². The van der Waals surface area contributed by atoms with Crippen molar-refractivity contribution in [3.05, 3.63) is 83.9 Å². The fourth-order valence-electron chi connectivity index (χ4n) is 4.39. The van der Waals surface area contributed by atoms with E-state index in [1.165, 1.54) is 10.5 Å². The standard InChI is InChI=1S/C27H28O4S/c1-4-25(26(28)29)27(18(2)31-27)22-10-12-23(13-11-22)30-17-19-6-5-7-21(16-19)20-8-14-24(32-3)15-9-20/h5-16,18,25H,4,17H2,1-3H3,(H,28,29). The SMILES string of the molecule is CCC(C(=O)O)C1(c2ccc(OCc3cccc(-c4ccc(SC)cc4)c3)cc2)OC1C. The number of benzene rings is 3. The second-order valence-corrected chi connectivity index (χ2v) is 8.97. The van der Waals surface area contributed by atoms with Crippen LogP contribution in [0.1, 0.15) is 31.4 Å². The number of thioether (sulfide) groups is 1. The Morgan fingerprint density at radius 1 is 1.09 bits per heavy atom. The van der Waals surface area contributed by atoms with Gasteiger partial charge in [0.05, 0.1) is 12.0 Å². The minimum atomic E-state index is -0.819. The number of rotatable bonds is 9. The van der Waals surface area contributed by atoms with Gasteiger partial charge >= 0.3 is 5.97 Å². The van der Waals surface area contributed by atoms with E-state index in [1.54, 1.807) is 11.8 Å². The molecule has 3 aromatic rings. The normalized spacial score (nSPS) is 20.5. The van der Waals surface area contributed by atoms with Crippen LogP contribution in [0.3, 0.4) is 0 Å². The average molecular weight is 449 g/mol. The molecule has 0 aliphatic carbocycles. The smallest absolute Gasteiger partial charge is 0.309 e. The zero-order valence-corrected chi connectivity index (χ0v) is 19.4. The number of hydrogen-bond acceptors (Lipinski definition) is 4. The van der Waals surface area contributed by atoms with Crippen LogP contribution in [0.15, 0.2) is 77.7 Å². The lowest BCUT2D eigenvalue weighted by Crippen LogP contribution is -2.30. The van der Waals surface area contributed by atoms with Crippen LogP contribution in [0.2, 0.25) is 0 Å². The number of epoxide rings is 1. The van der Waals surface area contributed by atoms with Crippen molar-refractivity contribution in [2.75, 3.05) is 6.26 Å². The Labute approximate surface area is 193 Å². The molecule has 1 aliphatic heterocycles. The first-order valence-electron chi connectivity index (χ1n) is 10.8. The fraction of sp³-hybridized carbons (Fsp3) is 0.296. The zero-order valence-electron chi connectivity index (χ0n) is 18.6. The maximum absolute atomic E-state index is 11.7. The number of carboxylic acids is 1. The third-order valence-corrected chi connectivity index (χ3v) is 6.95. The Hall–Kier alpha value is -2.76. The van der Waals surface area contributed by atoms with Gasteiger partial charge in [0.25, 0.3) is 0 Å². The third kappa shape index (κ3) is 4.41. The number of hydrogen-bond donors (Lipinski definition) is 1. The molecule has 3 unspecified atom stereocenters. The van der Waals surface area contributed by atoms with E-state index < -0.39 is 17.5 Å². The summed E-state index contributed by atoms with van der Waals surface area (Å²) in [6, 6.07) is 24.5. The van der Waals surface area contributed by atoms with Gasteiger partial charge in [-0.3, -0.25) is 4.79 Å². The Morgan fingerprint density at radius 2 is 1.78 bits per heavy atom. The molecule has 1 saturated heterocycles. The van der Waals surface area contributed by atoms with E-state index in [1.807, 2.05) is 44.2 Å². The van der Waals surface area contributed by atoms with Gasteiger partial charge in [-0.05, 0) is 72.2 Å². The maximum atomic E-state index is 11.7. The predicted molar refractivity (Wildman–Crippen MR) is 128 cm³/mol. The van der Waals surface area contributed by atoms with Gasteiger partial charge in [0, 0.05) is 4.90 Å². The molecule has 32 heavy (non-hydrogen) atoms. The zero-order chi connectivity index (χ0) is 22.7. The predicted octanol–water partition coefficient (Wildman–Crippen LogP) is 6.38. The van der Waals surface area contributed by atoms with Crippen LogP contribution in [0.4, 0.5) is 0 Å². The maximum Gasteiger partial charge on any atom is 0.309 e. The number of carboxylic acid groups (broad SMARTS) is 1. The summed E-state index contributed by atoms with van der Waals surface area (Å²) >= 11 is 1.74. The monoisotopic (exact) mass is 448 g/mol. The molecule has 0 radical (unpaired) electrons. The Bertz CT molecular complexity index is 1080. The molecule has 5 heteroatoms. The highest BCUT2D eigenvalue weighted by Crippen LogP contribution is 2.53. The molecule has 1 aliphatic rings. The summed E-state index contributed by atoms with van der Waals surface area (Å²) in [7, 11) is 0. The number of carbonyl (C=O) groups is 1. The molecule has 0 spiro atoms. The van der Waals surface area contributed by atoms with Crippen LogP contribution in [0, 0.1) is 5.92 Å². The highest BCUT2D eigenvalue weighted by molar-refractivity contribution is 7.98. The Morgan fingerprint density at radius 3 is 2.34 bits per heavy atom. The molecule has 4 nitrogen and oxygen atoms in total. The first kappa shape index (κ1) is 22.4. The van der Waals surface area contributed by atoms with E-state index in [2.05, 4.69) is 48.7 Å². The number of aliphatic carboxylic acids is 1. The summed E-state index contributed by atoms with van der Waals surface area (Å²) in [5.41, 5.74) is 3.59. The molecule has 1 heterocycles. The molecule has 3 atom stereocenters. The van der Waals surface area contributed by atoms with Crippen molar-refractivity contribution in [3.8, 4) is 16.9 Å². The lowest BCUT2D eigenvalue weighted by atomic mass is 9.81. The van der Waals surface area contributed by atoms with Gasteiger partial charge in [-0.1, -0.05) is 49.4 Å². The molecule has 166 valence electrons. The number of ether oxygens (including phenoxy) is 2. The van der Waals surface area contributed by atoms with Gasteiger partial charge in [0.2, 0.25) is 0 Å². The highest BCUT2D eigenvalue weighted by Gasteiger charge is 2.61. The molecule has 1 fully saturated rings. The summed E-state index contributed by atoms with van der Waals surface area (Å²) < 4.78 is 11.8. The van der Waals surface area contributed by atoms with E-state index in [0.717, 1.165) is 22.4 Å². The molecule has 4 rings (SSSR count). The van der Waals surface area contributed by atoms with Gasteiger partial charge in [-0.15, -0.1) is 11.8 Å². The summed E-state index contributed by atoms with van der Waals surface area (Å²) in [5.74, 6) is -0.632. The summed E-state index contributed by atoms with van der Waals surface area (Å²) in [4.78, 5) is 13.0. The van der Waals surface area contributed by atoms with E-state index in [0.29, 0.717) is 13.0 Å². The molecular formula is C27H28O4S. The molecule has 0 amide bonds. The first-order chi connectivity index (χ1) is 15.5. The van der Waals surface area contributed by atoms with Crippen molar-refractivity contribution in [1.82, 2.24) is 0 Å². The Balaban J connectivity index is 1.44. The summed E-state index contributed by atoms with van der Waals surface area (Å²) in [5, 5.41) is 9.62. The van der Waals surface area contributed by atoms with Crippen LogP contribution >= 0.6 is 11.8 Å². The van der Waals surface area contributed by atoms with Gasteiger partial charge in [0.1, 0.15) is 18.0 Å². The van der Waals surface area contributed by atoms with Crippen LogP contribution in [-0.2, 0) is 21.7 Å². The highest BCUT2D eigenvalue weighted by atomic mass is 32.2. The minimum Gasteiger partial charge on any atom is -0.489 e. The fourth-order valence-corrected chi connectivity index (χ4v) is 4.80. The average Bonchev–Trinajstić information content (AvgIpc) is 3.49. The van der Waals surface area contributed by atoms with Crippen molar-refractivity contribution in [3.63, 3.8) is 0 Å². The van der Waals surface area contributed by atoms with E-state index in [4.69, 9.17) is 9.47 Å². The minimum absolute atomic E-state index is 0.108. The second kappa shape index (κ2) is 9.39. The second-order valence-electron chi connectivity index (χ2n) is 8.09. The largest absolute Gasteiger partial charge is 0.489 e. The topological polar surface area (TPSA) is 59.1 Å². The van der Waals surface area contributed by atoms with Crippen molar-refractivity contribution < 1.29 is 19.4 Å². The lowest BCUT2D eigenvalue weighted by molar-refractivity contribution is -0.144. The lowest BCUT2D eigenvalue weighted by Gasteiger charge is -2.20. The molecule has 0 bridgehead atoms. The van der Waals surface area contributed by atoms with E-state index in [-0.39, 0.29) is 6.10 Å². The van der Waals surface area contributed by atoms with Crippen LogP contribution in [0.25, 0.3) is 11.1 Å². The van der Waals surface area contributed by atoms with Gasteiger partial charge in [-0.2, -0.15) is 0 Å².